The highest BCUT2D eigenvalue weighted by Crippen LogP contribution is 2.26. The van der Waals surface area contributed by atoms with Gasteiger partial charge in [0.2, 0.25) is 10.6 Å². The van der Waals surface area contributed by atoms with Gasteiger partial charge in [0.05, 0.1) is 13.2 Å². The molecule has 0 aromatic carbocycles. The molecule has 0 atom stereocenters. The number of halogens is 2. The molecule has 2 heterocycles. The molecule has 0 amide bonds. The molecule has 9 heteroatoms. The molecule has 0 aliphatic carbocycles. The summed E-state index contributed by atoms with van der Waals surface area (Å²) in [7, 11) is 0. The second-order valence-electron chi connectivity index (χ2n) is 3.59. The summed E-state index contributed by atoms with van der Waals surface area (Å²) < 4.78 is 0. The van der Waals surface area contributed by atoms with E-state index in [1.54, 1.807) is 0 Å². The SMILES string of the molecule is C#CCNc1nc(Cl)nc2c(NCCO)nc(Cl)nc12. The number of hydrogen-bond donors (Lipinski definition) is 3. The summed E-state index contributed by atoms with van der Waals surface area (Å²) in [6.45, 7) is 0.477. The number of anilines is 2. The Hall–Kier alpha value is -1.88. The number of hydrogen-bond acceptors (Lipinski definition) is 7. The van der Waals surface area contributed by atoms with Gasteiger partial charge >= 0.3 is 0 Å². The Morgan fingerprint density at radius 1 is 1.00 bits per heavy atom. The minimum atomic E-state index is -0.0653. The molecule has 2 aromatic rings. The van der Waals surface area contributed by atoms with Gasteiger partial charge in [-0.15, -0.1) is 6.42 Å². The molecule has 0 unspecified atom stereocenters. The lowest BCUT2D eigenvalue weighted by molar-refractivity contribution is 0.311. The van der Waals surface area contributed by atoms with Crippen molar-refractivity contribution in [3.8, 4) is 12.3 Å². The second-order valence-corrected chi connectivity index (χ2v) is 4.26. The number of terminal acetylenes is 1. The van der Waals surface area contributed by atoms with Gasteiger partial charge in [-0.05, 0) is 23.2 Å². The average Bonchev–Trinajstić information content (AvgIpc) is 2.43. The van der Waals surface area contributed by atoms with Crippen molar-refractivity contribution >= 4 is 45.9 Å². The largest absolute Gasteiger partial charge is 0.395 e. The molecule has 0 fully saturated rings. The van der Waals surface area contributed by atoms with Crippen LogP contribution in [0.4, 0.5) is 11.6 Å². The maximum absolute atomic E-state index is 8.86. The van der Waals surface area contributed by atoms with Gasteiger partial charge in [-0.3, -0.25) is 0 Å². The summed E-state index contributed by atoms with van der Waals surface area (Å²) in [6.07, 6.45) is 5.20. The third-order valence-electron chi connectivity index (χ3n) is 2.25. The van der Waals surface area contributed by atoms with E-state index in [0.29, 0.717) is 22.7 Å². The van der Waals surface area contributed by atoms with Crippen molar-refractivity contribution in [2.75, 3.05) is 30.3 Å². The summed E-state index contributed by atoms with van der Waals surface area (Å²) in [4.78, 5) is 16.2. The minimum Gasteiger partial charge on any atom is -0.395 e. The van der Waals surface area contributed by atoms with Crippen molar-refractivity contribution < 1.29 is 5.11 Å². The summed E-state index contributed by atoms with van der Waals surface area (Å²) >= 11 is 11.7. The normalized spacial score (nSPS) is 10.3. The van der Waals surface area contributed by atoms with Crippen LogP contribution in [0.1, 0.15) is 0 Å². The Kier molecular flexibility index (Phi) is 4.74. The van der Waals surface area contributed by atoms with E-state index >= 15 is 0 Å². The van der Waals surface area contributed by atoms with Gasteiger partial charge in [0, 0.05) is 6.54 Å². The molecule has 0 radical (unpaired) electrons. The fourth-order valence-corrected chi connectivity index (χ4v) is 1.85. The Balaban J connectivity index is 2.58. The number of aromatic nitrogens is 4. The van der Waals surface area contributed by atoms with Crippen LogP contribution in [0.15, 0.2) is 0 Å². The topological polar surface area (TPSA) is 95.9 Å². The summed E-state index contributed by atoms with van der Waals surface area (Å²) in [6, 6.07) is 0. The number of nitrogens with one attached hydrogen (secondary N) is 2. The predicted molar refractivity (Wildman–Crippen MR) is 78.0 cm³/mol. The van der Waals surface area contributed by atoms with Crippen LogP contribution in [-0.4, -0.2) is 44.7 Å². The fourth-order valence-electron chi connectivity index (χ4n) is 1.52. The molecule has 104 valence electrons. The van der Waals surface area contributed by atoms with E-state index in [1.165, 1.54) is 0 Å². The molecule has 0 spiro atoms. The van der Waals surface area contributed by atoms with Crippen molar-refractivity contribution in [1.82, 2.24) is 19.9 Å². The lowest BCUT2D eigenvalue weighted by Crippen LogP contribution is -2.10. The van der Waals surface area contributed by atoms with Gasteiger partial charge in [-0.1, -0.05) is 5.92 Å². The first-order chi connectivity index (χ1) is 9.65. The van der Waals surface area contributed by atoms with Crippen molar-refractivity contribution in [1.29, 1.82) is 0 Å². The van der Waals surface area contributed by atoms with E-state index in [1.807, 2.05) is 0 Å². The number of nitrogens with zero attached hydrogens (tertiary/aromatic N) is 4. The third-order valence-corrected chi connectivity index (χ3v) is 2.59. The summed E-state index contributed by atoms with van der Waals surface area (Å²) in [5.74, 6) is 3.16. The summed E-state index contributed by atoms with van der Waals surface area (Å²) in [5, 5.41) is 14.7. The van der Waals surface area contributed by atoms with Crippen LogP contribution in [-0.2, 0) is 0 Å². The van der Waals surface area contributed by atoms with Crippen LogP contribution in [0.5, 0.6) is 0 Å². The monoisotopic (exact) mass is 312 g/mol. The molecule has 0 aliphatic rings. The van der Waals surface area contributed by atoms with E-state index in [2.05, 4.69) is 36.5 Å². The van der Waals surface area contributed by atoms with E-state index in [9.17, 15) is 0 Å². The molecule has 2 rings (SSSR count). The Morgan fingerprint density at radius 2 is 1.55 bits per heavy atom. The van der Waals surface area contributed by atoms with Gasteiger partial charge in [0.25, 0.3) is 0 Å². The Labute approximate surface area is 124 Å². The van der Waals surface area contributed by atoms with Crippen molar-refractivity contribution in [3.63, 3.8) is 0 Å². The number of rotatable bonds is 5. The molecule has 3 N–H and O–H groups in total. The van der Waals surface area contributed by atoms with Gasteiger partial charge in [0.15, 0.2) is 11.6 Å². The fraction of sp³-hybridized carbons (Fsp3) is 0.273. The maximum atomic E-state index is 8.86. The zero-order chi connectivity index (χ0) is 14.5. The molecule has 2 aromatic heterocycles. The number of fused-ring (bicyclic) bond motifs is 1. The van der Waals surface area contributed by atoms with Gasteiger partial charge in [-0.2, -0.15) is 9.97 Å². The third kappa shape index (κ3) is 3.17. The highest BCUT2D eigenvalue weighted by molar-refractivity contribution is 6.30. The van der Waals surface area contributed by atoms with Gasteiger partial charge < -0.3 is 15.7 Å². The second kappa shape index (κ2) is 6.52. The molecule has 0 saturated carbocycles. The molecular weight excluding hydrogens is 303 g/mol. The molecular formula is C11H10Cl2N6O. The standard InChI is InChI=1S/C11H10Cl2N6O/c1-2-3-14-8-6-7(17-10(12)18-8)9(15-4-5-20)19-11(13)16-6/h1,20H,3-5H2,(H,14,17,18)(H,15,16,19). The van der Waals surface area contributed by atoms with Crippen molar-refractivity contribution in [2.24, 2.45) is 0 Å². The van der Waals surface area contributed by atoms with Crippen LogP contribution in [0, 0.1) is 12.3 Å². The molecule has 0 bridgehead atoms. The lowest BCUT2D eigenvalue weighted by Gasteiger charge is -2.10. The van der Waals surface area contributed by atoms with Crippen LogP contribution >= 0.6 is 23.2 Å². The van der Waals surface area contributed by atoms with Crippen LogP contribution < -0.4 is 10.6 Å². The lowest BCUT2D eigenvalue weighted by atomic mass is 10.3. The maximum Gasteiger partial charge on any atom is 0.225 e. The first kappa shape index (κ1) is 14.5. The van der Waals surface area contributed by atoms with Gasteiger partial charge in [0.1, 0.15) is 11.0 Å². The predicted octanol–water partition coefficient (Wildman–Crippen LogP) is 1.18. The van der Waals surface area contributed by atoms with E-state index in [0.717, 1.165) is 0 Å². The van der Waals surface area contributed by atoms with Crippen LogP contribution in [0.3, 0.4) is 0 Å². The zero-order valence-corrected chi connectivity index (χ0v) is 11.7. The molecule has 7 nitrogen and oxygen atoms in total. The van der Waals surface area contributed by atoms with E-state index < -0.39 is 0 Å². The Bertz CT molecular complexity index is 672. The summed E-state index contributed by atoms with van der Waals surface area (Å²) in [5.41, 5.74) is 0.785. The molecule has 20 heavy (non-hydrogen) atoms. The quantitative estimate of drug-likeness (QED) is 0.563. The van der Waals surface area contributed by atoms with Crippen molar-refractivity contribution in [3.05, 3.63) is 10.6 Å². The van der Waals surface area contributed by atoms with Crippen LogP contribution in [0.2, 0.25) is 10.6 Å². The van der Waals surface area contributed by atoms with E-state index in [-0.39, 0.29) is 30.3 Å². The molecule has 0 aliphatic heterocycles. The zero-order valence-electron chi connectivity index (χ0n) is 10.2. The number of aliphatic hydroxyl groups is 1. The van der Waals surface area contributed by atoms with Crippen molar-refractivity contribution in [2.45, 2.75) is 0 Å². The highest BCUT2D eigenvalue weighted by atomic mass is 35.5. The van der Waals surface area contributed by atoms with Gasteiger partial charge in [-0.25, -0.2) is 9.97 Å². The minimum absolute atomic E-state index is 0.0209. The highest BCUT2D eigenvalue weighted by Gasteiger charge is 2.14. The first-order valence-corrected chi connectivity index (χ1v) is 6.34. The first-order valence-electron chi connectivity index (χ1n) is 5.58. The van der Waals surface area contributed by atoms with E-state index in [4.69, 9.17) is 34.7 Å². The van der Waals surface area contributed by atoms with Crippen LogP contribution in [0.25, 0.3) is 11.0 Å². The Morgan fingerprint density at radius 3 is 2.05 bits per heavy atom. The molecule has 0 saturated heterocycles. The average molecular weight is 313 g/mol. The smallest absolute Gasteiger partial charge is 0.225 e. The number of aliphatic hydroxyl groups excluding tert-OH is 1.